The Bertz CT molecular complexity index is 1300. The van der Waals surface area contributed by atoms with Crippen LogP contribution in [0, 0.1) is 6.92 Å². The standard InChI is InChI=1S/C24H18N2O4/c1-14-8-10-15(11-9-14)26-21(19-7-4-12-30-19)20(23(28)24(26)29)22(27)17-13-25-18-6-3-2-5-16(17)18/h2-13,21,25,27H,1H3/b22-20-. The number of rotatable bonds is 3. The highest BCUT2D eigenvalue weighted by molar-refractivity contribution is 6.51. The summed E-state index contributed by atoms with van der Waals surface area (Å²) in [6.45, 7) is 1.94. The zero-order valence-electron chi connectivity index (χ0n) is 16.1. The zero-order valence-corrected chi connectivity index (χ0v) is 16.1. The van der Waals surface area contributed by atoms with Gasteiger partial charge in [-0.1, -0.05) is 35.9 Å². The number of benzene rings is 2. The van der Waals surface area contributed by atoms with Gasteiger partial charge in [0, 0.05) is 28.4 Å². The molecular weight excluding hydrogens is 380 g/mol. The maximum Gasteiger partial charge on any atom is 0.300 e. The largest absolute Gasteiger partial charge is 0.507 e. The van der Waals surface area contributed by atoms with Gasteiger partial charge in [-0.15, -0.1) is 0 Å². The molecule has 2 aromatic heterocycles. The number of aliphatic hydroxyl groups excluding tert-OH is 1. The predicted octanol–water partition coefficient (Wildman–Crippen LogP) is 4.70. The maximum absolute atomic E-state index is 13.1. The van der Waals surface area contributed by atoms with E-state index in [1.54, 1.807) is 30.5 Å². The average molecular weight is 398 g/mol. The Morgan fingerprint density at radius 1 is 1.03 bits per heavy atom. The number of Topliss-reactive ketones (excluding diaryl/α,β-unsaturated/α-hetero) is 1. The fourth-order valence-electron chi connectivity index (χ4n) is 3.93. The fourth-order valence-corrected chi connectivity index (χ4v) is 3.93. The molecule has 0 bridgehead atoms. The Hall–Kier alpha value is -4.06. The summed E-state index contributed by atoms with van der Waals surface area (Å²) in [4.78, 5) is 30.6. The molecule has 1 amide bonds. The van der Waals surface area contributed by atoms with Gasteiger partial charge in [-0.05, 0) is 37.3 Å². The van der Waals surface area contributed by atoms with Gasteiger partial charge in [-0.3, -0.25) is 14.5 Å². The molecular formula is C24H18N2O4. The minimum absolute atomic E-state index is 0.000257. The van der Waals surface area contributed by atoms with Gasteiger partial charge < -0.3 is 14.5 Å². The van der Waals surface area contributed by atoms with Crippen molar-refractivity contribution in [3.63, 3.8) is 0 Å². The first kappa shape index (κ1) is 18.0. The number of aromatic amines is 1. The number of aryl methyl sites for hydroxylation is 1. The number of amides is 1. The van der Waals surface area contributed by atoms with Gasteiger partial charge in [-0.25, -0.2) is 0 Å². The SMILES string of the molecule is Cc1ccc(N2C(=O)C(=O)/C(=C(\O)c3c[nH]c4ccccc34)C2c2ccco2)cc1. The molecule has 0 saturated carbocycles. The Kier molecular flexibility index (Phi) is 4.06. The van der Waals surface area contributed by atoms with Crippen LogP contribution < -0.4 is 4.90 Å². The van der Waals surface area contributed by atoms with Crippen LogP contribution in [0.15, 0.2) is 83.1 Å². The number of ketones is 1. The predicted molar refractivity (Wildman–Crippen MR) is 113 cm³/mol. The first-order valence-electron chi connectivity index (χ1n) is 9.54. The van der Waals surface area contributed by atoms with Crippen LogP contribution in [0.25, 0.3) is 16.7 Å². The Balaban J connectivity index is 1.74. The van der Waals surface area contributed by atoms with E-state index in [9.17, 15) is 14.7 Å². The number of hydrogen-bond acceptors (Lipinski definition) is 4. The molecule has 4 aromatic rings. The summed E-state index contributed by atoms with van der Waals surface area (Å²) >= 11 is 0. The fraction of sp³-hybridized carbons (Fsp3) is 0.0833. The smallest absolute Gasteiger partial charge is 0.300 e. The molecule has 0 radical (unpaired) electrons. The highest BCUT2D eigenvalue weighted by atomic mass is 16.3. The van der Waals surface area contributed by atoms with Crippen LogP contribution in [0.2, 0.25) is 0 Å². The second-order valence-corrected chi connectivity index (χ2v) is 7.27. The second kappa shape index (κ2) is 6.77. The van der Waals surface area contributed by atoms with Gasteiger partial charge in [0.2, 0.25) is 0 Å². The number of fused-ring (bicyclic) bond motifs is 1. The number of furan rings is 1. The van der Waals surface area contributed by atoms with Crippen LogP contribution in [-0.2, 0) is 9.59 Å². The first-order chi connectivity index (χ1) is 14.6. The van der Waals surface area contributed by atoms with E-state index in [4.69, 9.17) is 4.42 Å². The lowest BCUT2D eigenvalue weighted by Crippen LogP contribution is -2.29. The molecule has 3 heterocycles. The molecule has 6 nitrogen and oxygen atoms in total. The minimum atomic E-state index is -0.864. The normalized spacial score (nSPS) is 18.4. The van der Waals surface area contributed by atoms with Crippen LogP contribution in [0.5, 0.6) is 0 Å². The molecule has 0 aliphatic carbocycles. The third-order valence-corrected chi connectivity index (χ3v) is 5.41. The number of aromatic nitrogens is 1. The van der Waals surface area contributed by atoms with Crippen molar-refractivity contribution < 1.29 is 19.1 Å². The van der Waals surface area contributed by atoms with Gasteiger partial charge in [0.1, 0.15) is 17.6 Å². The number of anilines is 1. The first-order valence-corrected chi connectivity index (χ1v) is 9.54. The van der Waals surface area contributed by atoms with Crippen molar-refractivity contribution in [3.05, 3.63) is 95.6 Å². The van der Waals surface area contributed by atoms with E-state index in [0.29, 0.717) is 17.0 Å². The van der Waals surface area contributed by atoms with Crippen LogP contribution in [0.3, 0.4) is 0 Å². The number of para-hydroxylation sites is 1. The summed E-state index contributed by atoms with van der Waals surface area (Å²) in [7, 11) is 0. The van der Waals surface area contributed by atoms with Crippen molar-refractivity contribution in [2.75, 3.05) is 4.90 Å². The molecule has 30 heavy (non-hydrogen) atoms. The maximum atomic E-state index is 13.1. The van der Waals surface area contributed by atoms with E-state index in [-0.39, 0.29) is 11.3 Å². The Morgan fingerprint density at radius 3 is 2.53 bits per heavy atom. The Morgan fingerprint density at radius 2 is 1.80 bits per heavy atom. The highest BCUT2D eigenvalue weighted by Gasteiger charge is 2.48. The lowest BCUT2D eigenvalue weighted by atomic mass is 9.99. The van der Waals surface area contributed by atoms with Crippen molar-refractivity contribution in [2.45, 2.75) is 13.0 Å². The van der Waals surface area contributed by atoms with Crippen LogP contribution in [0.4, 0.5) is 5.69 Å². The van der Waals surface area contributed by atoms with E-state index >= 15 is 0 Å². The lowest BCUT2D eigenvalue weighted by Gasteiger charge is -2.23. The quantitative estimate of drug-likeness (QED) is 0.298. The molecule has 2 N–H and O–H groups in total. The number of carbonyl (C=O) groups is 2. The van der Waals surface area contributed by atoms with Crippen molar-refractivity contribution in [2.24, 2.45) is 0 Å². The summed E-state index contributed by atoms with van der Waals surface area (Å²) < 4.78 is 5.58. The van der Waals surface area contributed by atoms with E-state index < -0.39 is 17.7 Å². The van der Waals surface area contributed by atoms with E-state index in [0.717, 1.165) is 16.5 Å². The van der Waals surface area contributed by atoms with Crippen LogP contribution >= 0.6 is 0 Å². The summed E-state index contributed by atoms with van der Waals surface area (Å²) in [5, 5.41) is 12.0. The van der Waals surface area contributed by atoms with Crippen molar-refractivity contribution >= 4 is 34.0 Å². The summed E-state index contributed by atoms with van der Waals surface area (Å²) in [5.74, 6) is -1.29. The van der Waals surface area contributed by atoms with E-state index in [1.165, 1.54) is 11.2 Å². The number of carbonyl (C=O) groups excluding carboxylic acids is 2. The lowest BCUT2D eigenvalue weighted by molar-refractivity contribution is -0.132. The topological polar surface area (TPSA) is 86.5 Å². The molecule has 2 aromatic carbocycles. The summed E-state index contributed by atoms with van der Waals surface area (Å²) in [5.41, 5.74) is 2.87. The van der Waals surface area contributed by atoms with E-state index in [1.807, 2.05) is 43.3 Å². The monoisotopic (exact) mass is 398 g/mol. The van der Waals surface area contributed by atoms with Gasteiger partial charge in [0.15, 0.2) is 0 Å². The molecule has 6 heteroatoms. The van der Waals surface area contributed by atoms with Crippen LogP contribution in [0.1, 0.15) is 22.9 Å². The highest BCUT2D eigenvalue weighted by Crippen LogP contribution is 2.43. The molecule has 0 spiro atoms. The van der Waals surface area contributed by atoms with E-state index in [2.05, 4.69) is 4.98 Å². The molecule has 1 unspecified atom stereocenters. The molecule has 148 valence electrons. The van der Waals surface area contributed by atoms with Crippen molar-refractivity contribution in [3.8, 4) is 0 Å². The molecule has 1 aliphatic rings. The average Bonchev–Trinajstić information content (AvgIpc) is 3.48. The summed E-state index contributed by atoms with van der Waals surface area (Å²) in [6, 6.07) is 17.3. The molecule has 5 rings (SSSR count). The van der Waals surface area contributed by atoms with Gasteiger partial charge >= 0.3 is 0 Å². The molecule has 1 saturated heterocycles. The van der Waals surface area contributed by atoms with Gasteiger partial charge in [0.25, 0.3) is 11.7 Å². The number of nitrogens with one attached hydrogen (secondary N) is 1. The molecule has 1 atom stereocenters. The van der Waals surface area contributed by atoms with Crippen molar-refractivity contribution in [1.82, 2.24) is 4.98 Å². The number of nitrogens with zero attached hydrogens (tertiary/aromatic N) is 1. The van der Waals surface area contributed by atoms with Crippen molar-refractivity contribution in [1.29, 1.82) is 0 Å². The minimum Gasteiger partial charge on any atom is -0.507 e. The number of H-pyrrole nitrogens is 1. The Labute approximate surface area is 172 Å². The third kappa shape index (κ3) is 2.65. The third-order valence-electron chi connectivity index (χ3n) is 5.41. The van der Waals surface area contributed by atoms with Gasteiger partial charge in [-0.2, -0.15) is 0 Å². The second-order valence-electron chi connectivity index (χ2n) is 7.27. The zero-order chi connectivity index (χ0) is 20.8. The van der Waals surface area contributed by atoms with Crippen LogP contribution in [-0.4, -0.2) is 21.8 Å². The summed E-state index contributed by atoms with van der Waals surface area (Å²) in [6.07, 6.45) is 3.12. The molecule has 1 fully saturated rings. The number of aliphatic hydroxyl groups is 1. The van der Waals surface area contributed by atoms with Gasteiger partial charge in [0.05, 0.1) is 11.8 Å². The molecule has 1 aliphatic heterocycles. The number of hydrogen-bond donors (Lipinski definition) is 2.